The van der Waals surface area contributed by atoms with E-state index in [1.165, 1.54) is 0 Å². The van der Waals surface area contributed by atoms with Gasteiger partial charge in [0, 0.05) is 13.0 Å². The van der Waals surface area contributed by atoms with Gasteiger partial charge < -0.3 is 43.4 Å². The molecule has 4 unspecified atom stereocenters. The predicted molar refractivity (Wildman–Crippen MR) is 133 cm³/mol. The molecule has 0 aliphatic heterocycles. The quantitative estimate of drug-likeness (QED) is 0.0729. The molecule has 4 atom stereocenters. The Labute approximate surface area is 209 Å². The van der Waals surface area contributed by atoms with Crippen LogP contribution in [0.5, 0.6) is 0 Å². The zero-order valence-corrected chi connectivity index (χ0v) is 20.5. The summed E-state index contributed by atoms with van der Waals surface area (Å²) in [6, 6.07) is 4.17. The molecule has 0 heterocycles. The number of hydrogen-bond donors (Lipinski definition) is 8. The van der Waals surface area contributed by atoms with Crippen LogP contribution in [0.3, 0.4) is 0 Å². The van der Waals surface area contributed by atoms with Crippen LogP contribution in [0.4, 0.5) is 0 Å². The van der Waals surface area contributed by atoms with Crippen LogP contribution in [0.1, 0.15) is 32.3 Å². The lowest BCUT2D eigenvalue weighted by atomic mass is 10.00. The van der Waals surface area contributed by atoms with Crippen molar-refractivity contribution >= 4 is 29.7 Å². The third-order valence-electron chi connectivity index (χ3n) is 5.26. The summed E-state index contributed by atoms with van der Waals surface area (Å²) in [5.41, 5.74) is 17.2. The highest BCUT2D eigenvalue weighted by Crippen LogP contribution is 2.08. The maximum Gasteiger partial charge on any atom is 0.328 e. The third kappa shape index (κ3) is 10.7. The topological polar surface area (TPSA) is 235 Å². The largest absolute Gasteiger partial charge is 0.480 e. The summed E-state index contributed by atoms with van der Waals surface area (Å²) in [4.78, 5) is 53.6. The number of aliphatic hydroxyl groups excluding tert-OH is 1. The SMILES string of the molecule is CC(C)C(NC(=O)C(N)CCCN=C(N)N)C(=O)NC(Cc1ccccc1)C(=O)NC(CO)C(=O)O. The van der Waals surface area contributed by atoms with Gasteiger partial charge in [0.2, 0.25) is 17.7 Å². The van der Waals surface area contributed by atoms with Gasteiger partial charge in [0.25, 0.3) is 0 Å². The molecule has 0 saturated heterocycles. The molecule has 0 saturated carbocycles. The minimum atomic E-state index is -1.54. The molecule has 1 aromatic rings. The van der Waals surface area contributed by atoms with Crippen molar-refractivity contribution in [3.8, 4) is 0 Å². The standard InChI is InChI=1S/C23H37N7O6/c1-13(2)18(30-19(32)15(24)9-6-10-27-23(25)26)21(34)28-16(11-14-7-4-3-5-8-14)20(33)29-17(12-31)22(35)36/h3-5,7-8,13,15-18,31H,6,9-12,24H2,1-2H3,(H,28,34)(H,29,33)(H,30,32)(H,35,36)(H4,25,26,27). The zero-order chi connectivity index (χ0) is 27.3. The van der Waals surface area contributed by atoms with Gasteiger partial charge in [-0.05, 0) is 24.3 Å². The fraction of sp³-hybridized carbons (Fsp3) is 0.522. The molecular formula is C23H37N7O6. The van der Waals surface area contributed by atoms with E-state index in [-0.39, 0.29) is 24.7 Å². The van der Waals surface area contributed by atoms with Crippen molar-refractivity contribution in [3.05, 3.63) is 35.9 Å². The molecule has 11 N–H and O–H groups in total. The number of benzene rings is 1. The highest BCUT2D eigenvalue weighted by atomic mass is 16.4. The molecule has 0 aliphatic rings. The summed E-state index contributed by atoms with van der Waals surface area (Å²) >= 11 is 0. The summed E-state index contributed by atoms with van der Waals surface area (Å²) in [6.07, 6.45) is 0.797. The van der Waals surface area contributed by atoms with Crippen molar-refractivity contribution in [2.75, 3.05) is 13.2 Å². The number of nitrogens with one attached hydrogen (secondary N) is 3. The van der Waals surface area contributed by atoms with Gasteiger partial charge in [-0.1, -0.05) is 44.2 Å². The normalized spacial score (nSPS) is 14.1. The summed E-state index contributed by atoms with van der Waals surface area (Å²) < 4.78 is 0. The molecule has 13 heteroatoms. The molecule has 0 bridgehead atoms. The number of carboxylic acid groups (broad SMARTS) is 1. The van der Waals surface area contributed by atoms with E-state index in [0.717, 1.165) is 0 Å². The Balaban J connectivity index is 2.95. The molecule has 0 fully saturated rings. The predicted octanol–water partition coefficient (Wildman–Crippen LogP) is -2.20. The van der Waals surface area contributed by atoms with Crippen LogP contribution < -0.4 is 33.2 Å². The minimum Gasteiger partial charge on any atom is -0.480 e. The maximum atomic E-state index is 13.1. The third-order valence-corrected chi connectivity index (χ3v) is 5.26. The number of carbonyl (C=O) groups is 4. The van der Waals surface area contributed by atoms with Crippen LogP contribution in [0.15, 0.2) is 35.3 Å². The molecule has 0 radical (unpaired) electrons. The number of hydrogen-bond acceptors (Lipinski definition) is 7. The summed E-state index contributed by atoms with van der Waals surface area (Å²) in [5, 5.41) is 25.8. The fourth-order valence-corrected chi connectivity index (χ4v) is 3.22. The lowest BCUT2D eigenvalue weighted by Gasteiger charge is -2.27. The van der Waals surface area contributed by atoms with E-state index in [1.807, 2.05) is 0 Å². The van der Waals surface area contributed by atoms with Crippen LogP contribution in [-0.4, -0.2) is 77.2 Å². The zero-order valence-electron chi connectivity index (χ0n) is 20.5. The van der Waals surface area contributed by atoms with Gasteiger partial charge in [0.1, 0.15) is 18.1 Å². The van der Waals surface area contributed by atoms with E-state index in [2.05, 4.69) is 20.9 Å². The number of nitrogens with zero attached hydrogens (tertiary/aromatic N) is 1. The number of carbonyl (C=O) groups excluding carboxylic acids is 3. The average molecular weight is 508 g/mol. The Morgan fingerprint density at radius 3 is 2.08 bits per heavy atom. The number of aliphatic carboxylic acids is 1. The van der Waals surface area contributed by atoms with E-state index in [9.17, 15) is 24.3 Å². The first kappa shape index (κ1) is 30.3. The second-order valence-electron chi connectivity index (χ2n) is 8.62. The molecule has 1 rings (SSSR count). The van der Waals surface area contributed by atoms with Crippen LogP contribution >= 0.6 is 0 Å². The molecule has 0 aromatic heterocycles. The van der Waals surface area contributed by atoms with Crippen LogP contribution in [0, 0.1) is 5.92 Å². The number of carboxylic acids is 1. The molecule has 13 nitrogen and oxygen atoms in total. The molecule has 0 spiro atoms. The molecule has 36 heavy (non-hydrogen) atoms. The van der Waals surface area contributed by atoms with Crippen molar-refractivity contribution < 1.29 is 29.4 Å². The molecule has 3 amide bonds. The van der Waals surface area contributed by atoms with Crippen LogP contribution in [0.2, 0.25) is 0 Å². The van der Waals surface area contributed by atoms with Crippen LogP contribution in [0.25, 0.3) is 0 Å². The summed E-state index contributed by atoms with van der Waals surface area (Å²) in [7, 11) is 0. The van der Waals surface area contributed by atoms with Crippen molar-refractivity contribution in [1.82, 2.24) is 16.0 Å². The Hall–Kier alpha value is -3.71. The first-order valence-electron chi connectivity index (χ1n) is 11.6. The lowest BCUT2D eigenvalue weighted by Crippen LogP contribution is -2.59. The summed E-state index contributed by atoms with van der Waals surface area (Å²) in [6.45, 7) is 2.91. The van der Waals surface area contributed by atoms with Gasteiger partial charge in [-0.15, -0.1) is 0 Å². The number of aliphatic imine (C=N–C) groups is 1. The van der Waals surface area contributed by atoms with Crippen molar-refractivity contribution in [3.63, 3.8) is 0 Å². The Morgan fingerprint density at radius 2 is 1.56 bits per heavy atom. The van der Waals surface area contributed by atoms with Crippen molar-refractivity contribution in [2.24, 2.45) is 28.1 Å². The van der Waals surface area contributed by atoms with Gasteiger partial charge in [0.15, 0.2) is 5.96 Å². The van der Waals surface area contributed by atoms with Gasteiger partial charge >= 0.3 is 5.97 Å². The number of aliphatic hydroxyl groups is 1. The Morgan fingerprint density at radius 1 is 0.944 bits per heavy atom. The van der Waals surface area contributed by atoms with Crippen LogP contribution in [-0.2, 0) is 25.6 Å². The second kappa shape index (κ2) is 15.3. The second-order valence-corrected chi connectivity index (χ2v) is 8.62. The number of rotatable bonds is 15. The average Bonchev–Trinajstić information content (AvgIpc) is 2.82. The maximum absolute atomic E-state index is 13.1. The van der Waals surface area contributed by atoms with Gasteiger partial charge in [-0.2, -0.15) is 0 Å². The van der Waals surface area contributed by atoms with E-state index >= 15 is 0 Å². The van der Waals surface area contributed by atoms with Crippen molar-refractivity contribution in [1.29, 1.82) is 0 Å². The first-order chi connectivity index (χ1) is 17.0. The highest BCUT2D eigenvalue weighted by molar-refractivity contribution is 5.94. The number of nitrogens with two attached hydrogens (primary N) is 3. The van der Waals surface area contributed by atoms with Gasteiger partial charge in [-0.3, -0.25) is 19.4 Å². The summed E-state index contributed by atoms with van der Waals surface area (Å²) in [5.74, 6) is -3.82. The first-order valence-corrected chi connectivity index (χ1v) is 11.6. The minimum absolute atomic E-state index is 0.0548. The molecule has 1 aromatic carbocycles. The van der Waals surface area contributed by atoms with E-state index in [4.69, 9.17) is 22.3 Å². The Kier molecular flexibility index (Phi) is 12.9. The van der Waals surface area contributed by atoms with E-state index in [0.29, 0.717) is 18.5 Å². The molecule has 200 valence electrons. The highest BCUT2D eigenvalue weighted by Gasteiger charge is 2.31. The fourth-order valence-electron chi connectivity index (χ4n) is 3.22. The number of guanidine groups is 1. The molecular weight excluding hydrogens is 470 g/mol. The van der Waals surface area contributed by atoms with Gasteiger partial charge in [-0.25, -0.2) is 4.79 Å². The van der Waals surface area contributed by atoms with E-state index in [1.54, 1.807) is 44.2 Å². The molecule has 0 aliphatic carbocycles. The monoisotopic (exact) mass is 507 g/mol. The smallest absolute Gasteiger partial charge is 0.328 e. The lowest BCUT2D eigenvalue weighted by molar-refractivity contribution is -0.143. The van der Waals surface area contributed by atoms with Crippen molar-refractivity contribution in [2.45, 2.75) is 57.3 Å². The van der Waals surface area contributed by atoms with E-state index < -0.39 is 54.5 Å². The Bertz CT molecular complexity index is 905. The van der Waals surface area contributed by atoms with Gasteiger partial charge in [0.05, 0.1) is 12.6 Å². The number of amides is 3.